The Morgan fingerprint density at radius 1 is 1.57 bits per heavy atom. The summed E-state index contributed by atoms with van der Waals surface area (Å²) >= 11 is 0. The fraction of sp³-hybridized carbons (Fsp3) is 0.0909. The van der Waals surface area contributed by atoms with E-state index in [0.717, 1.165) is 17.1 Å². The molecule has 0 aliphatic rings. The maximum absolute atomic E-state index is 8.87. The van der Waals surface area contributed by atoms with Crippen LogP contribution in [0.4, 0.5) is 0 Å². The molecule has 0 saturated carbocycles. The van der Waals surface area contributed by atoms with Crippen LogP contribution in [0, 0.1) is 24.3 Å². The van der Waals surface area contributed by atoms with Gasteiger partial charge in [0.05, 0.1) is 17.3 Å². The molecule has 2 rings (SSSR count). The molecule has 0 bridgehead atoms. The summed E-state index contributed by atoms with van der Waals surface area (Å²) in [6.45, 7) is 1.90. The SMILES string of the molecule is Cc1c[nH]c(-c2cc[c]cc2C#N)n1. The maximum Gasteiger partial charge on any atom is 0.138 e. The number of rotatable bonds is 1. The molecule has 1 aromatic carbocycles. The van der Waals surface area contributed by atoms with Gasteiger partial charge in [0, 0.05) is 11.8 Å². The van der Waals surface area contributed by atoms with Gasteiger partial charge < -0.3 is 4.98 Å². The lowest BCUT2D eigenvalue weighted by Gasteiger charge is -1.97. The van der Waals surface area contributed by atoms with Gasteiger partial charge in [-0.15, -0.1) is 0 Å². The molecule has 0 unspecified atom stereocenters. The fourth-order valence-corrected chi connectivity index (χ4v) is 1.28. The van der Waals surface area contributed by atoms with Crippen molar-refractivity contribution >= 4 is 0 Å². The lowest BCUT2D eigenvalue weighted by molar-refractivity contribution is 1.25. The zero-order chi connectivity index (χ0) is 9.97. The summed E-state index contributed by atoms with van der Waals surface area (Å²) in [6, 6.07) is 10.2. The summed E-state index contributed by atoms with van der Waals surface area (Å²) in [6.07, 6.45) is 1.81. The highest BCUT2D eigenvalue weighted by Crippen LogP contribution is 2.19. The first kappa shape index (κ1) is 8.52. The van der Waals surface area contributed by atoms with Crippen LogP contribution in [0.1, 0.15) is 11.3 Å². The van der Waals surface area contributed by atoms with Crippen LogP contribution in [0.15, 0.2) is 24.4 Å². The number of nitrogens with zero attached hydrogens (tertiary/aromatic N) is 2. The Morgan fingerprint density at radius 2 is 2.43 bits per heavy atom. The lowest BCUT2D eigenvalue weighted by atomic mass is 10.1. The fourth-order valence-electron chi connectivity index (χ4n) is 1.28. The summed E-state index contributed by atoms with van der Waals surface area (Å²) in [5, 5.41) is 8.87. The average molecular weight is 182 g/mol. The number of aromatic amines is 1. The molecule has 67 valence electrons. The quantitative estimate of drug-likeness (QED) is 0.733. The molecule has 14 heavy (non-hydrogen) atoms. The predicted octanol–water partition coefficient (Wildman–Crippen LogP) is 2.06. The summed E-state index contributed by atoms with van der Waals surface area (Å²) < 4.78 is 0. The number of H-pyrrole nitrogens is 1. The highest BCUT2D eigenvalue weighted by Gasteiger charge is 2.06. The third-order valence-electron chi connectivity index (χ3n) is 1.95. The smallest absolute Gasteiger partial charge is 0.138 e. The van der Waals surface area contributed by atoms with Crippen LogP contribution in [0.5, 0.6) is 0 Å². The van der Waals surface area contributed by atoms with Gasteiger partial charge in [0.25, 0.3) is 0 Å². The third kappa shape index (κ3) is 1.38. The molecule has 0 aliphatic heterocycles. The highest BCUT2D eigenvalue weighted by molar-refractivity contribution is 5.64. The van der Waals surface area contributed by atoms with E-state index in [2.05, 4.69) is 22.1 Å². The summed E-state index contributed by atoms with van der Waals surface area (Å²) in [7, 11) is 0. The van der Waals surface area contributed by atoms with Crippen molar-refractivity contribution in [3.8, 4) is 17.5 Å². The topological polar surface area (TPSA) is 52.5 Å². The molecule has 1 radical (unpaired) electrons. The Bertz CT molecular complexity index is 491. The number of aromatic nitrogens is 2. The minimum absolute atomic E-state index is 0.585. The van der Waals surface area contributed by atoms with Gasteiger partial charge in [0.1, 0.15) is 5.82 Å². The summed E-state index contributed by atoms with van der Waals surface area (Å²) in [5.41, 5.74) is 2.32. The van der Waals surface area contributed by atoms with Crippen LogP contribution in [0.2, 0.25) is 0 Å². The predicted molar refractivity (Wildman–Crippen MR) is 52.3 cm³/mol. The lowest BCUT2D eigenvalue weighted by Crippen LogP contribution is -1.85. The third-order valence-corrected chi connectivity index (χ3v) is 1.95. The first-order chi connectivity index (χ1) is 6.81. The van der Waals surface area contributed by atoms with Crippen LogP contribution in [0.25, 0.3) is 11.4 Å². The Balaban J connectivity index is 2.57. The molecule has 0 atom stereocenters. The number of hydrogen-bond donors (Lipinski definition) is 1. The number of aryl methyl sites for hydroxylation is 1. The molecular formula is C11H8N3. The van der Waals surface area contributed by atoms with E-state index in [1.165, 1.54) is 0 Å². The van der Waals surface area contributed by atoms with Gasteiger partial charge in [0.2, 0.25) is 0 Å². The van der Waals surface area contributed by atoms with Crippen LogP contribution >= 0.6 is 0 Å². The summed E-state index contributed by atoms with van der Waals surface area (Å²) in [5.74, 6) is 0.730. The Morgan fingerprint density at radius 3 is 3.07 bits per heavy atom. The van der Waals surface area contributed by atoms with Crippen molar-refractivity contribution in [1.82, 2.24) is 9.97 Å². The van der Waals surface area contributed by atoms with Crippen molar-refractivity contribution in [3.63, 3.8) is 0 Å². The highest BCUT2D eigenvalue weighted by atomic mass is 14.9. The number of nitrogens with one attached hydrogen (secondary N) is 1. The van der Waals surface area contributed by atoms with Gasteiger partial charge in [0.15, 0.2) is 0 Å². The first-order valence-electron chi connectivity index (χ1n) is 4.24. The zero-order valence-electron chi connectivity index (χ0n) is 7.70. The first-order valence-corrected chi connectivity index (χ1v) is 4.24. The van der Waals surface area contributed by atoms with Crippen molar-refractivity contribution < 1.29 is 0 Å². The van der Waals surface area contributed by atoms with Gasteiger partial charge in [-0.25, -0.2) is 4.98 Å². The second kappa shape index (κ2) is 3.35. The minimum atomic E-state index is 0.585. The van der Waals surface area contributed by atoms with Gasteiger partial charge in [-0.2, -0.15) is 5.26 Å². The molecule has 1 aromatic heterocycles. The molecular weight excluding hydrogens is 174 g/mol. The molecule has 3 nitrogen and oxygen atoms in total. The normalized spacial score (nSPS) is 9.71. The van der Waals surface area contributed by atoms with E-state index in [-0.39, 0.29) is 0 Å². The van der Waals surface area contributed by atoms with Crippen LogP contribution in [-0.4, -0.2) is 9.97 Å². The number of nitriles is 1. The van der Waals surface area contributed by atoms with Gasteiger partial charge in [-0.3, -0.25) is 0 Å². The van der Waals surface area contributed by atoms with E-state index >= 15 is 0 Å². The molecule has 1 heterocycles. The Hall–Kier alpha value is -2.08. The van der Waals surface area contributed by atoms with Crippen molar-refractivity contribution in [2.24, 2.45) is 0 Å². The van der Waals surface area contributed by atoms with Gasteiger partial charge in [-0.1, -0.05) is 6.07 Å². The van der Waals surface area contributed by atoms with E-state index in [1.807, 2.05) is 19.2 Å². The van der Waals surface area contributed by atoms with E-state index in [9.17, 15) is 0 Å². The minimum Gasteiger partial charge on any atom is -0.344 e. The summed E-state index contributed by atoms with van der Waals surface area (Å²) in [4.78, 5) is 7.29. The van der Waals surface area contributed by atoms with E-state index in [4.69, 9.17) is 5.26 Å². The molecule has 0 saturated heterocycles. The molecule has 0 amide bonds. The van der Waals surface area contributed by atoms with Crippen LogP contribution in [0.3, 0.4) is 0 Å². The van der Waals surface area contributed by atoms with E-state index in [1.54, 1.807) is 12.1 Å². The molecule has 0 fully saturated rings. The maximum atomic E-state index is 8.87. The number of imidazole rings is 1. The standard InChI is InChI=1S/C11H8N3/c1-8-7-13-11(14-8)10-5-3-2-4-9(10)6-12/h3-5,7H,1H3,(H,13,14). The van der Waals surface area contributed by atoms with Gasteiger partial charge in [-0.05, 0) is 25.1 Å². The molecule has 2 aromatic rings. The van der Waals surface area contributed by atoms with Crippen molar-refractivity contribution in [2.45, 2.75) is 6.92 Å². The number of hydrogen-bond acceptors (Lipinski definition) is 2. The van der Waals surface area contributed by atoms with Crippen molar-refractivity contribution in [3.05, 3.63) is 41.7 Å². The van der Waals surface area contributed by atoms with Crippen LogP contribution in [-0.2, 0) is 0 Å². The monoisotopic (exact) mass is 182 g/mol. The molecule has 0 spiro atoms. The van der Waals surface area contributed by atoms with E-state index in [0.29, 0.717) is 5.56 Å². The molecule has 1 N–H and O–H groups in total. The Kier molecular flexibility index (Phi) is 2.04. The van der Waals surface area contributed by atoms with E-state index < -0.39 is 0 Å². The van der Waals surface area contributed by atoms with Gasteiger partial charge >= 0.3 is 0 Å². The second-order valence-corrected chi connectivity index (χ2v) is 2.97. The Labute approximate surface area is 82.0 Å². The second-order valence-electron chi connectivity index (χ2n) is 2.97. The van der Waals surface area contributed by atoms with Crippen LogP contribution < -0.4 is 0 Å². The largest absolute Gasteiger partial charge is 0.344 e. The number of benzene rings is 1. The molecule has 0 aliphatic carbocycles. The average Bonchev–Trinajstić information content (AvgIpc) is 2.65. The van der Waals surface area contributed by atoms with Crippen molar-refractivity contribution in [1.29, 1.82) is 5.26 Å². The zero-order valence-corrected chi connectivity index (χ0v) is 7.70. The molecule has 3 heteroatoms. The van der Waals surface area contributed by atoms with Crippen molar-refractivity contribution in [2.75, 3.05) is 0 Å².